The van der Waals surface area contributed by atoms with Crippen molar-refractivity contribution in [3.63, 3.8) is 0 Å². The molecule has 2 atom stereocenters. The van der Waals surface area contributed by atoms with Crippen molar-refractivity contribution in [3.05, 3.63) is 18.0 Å². The van der Waals surface area contributed by atoms with E-state index in [1.54, 1.807) is 10.9 Å². The Labute approximate surface area is 122 Å². The molecule has 106 valence electrons. The number of carbonyl (C=O) groups excluding carboxylic acids is 1. The molecule has 0 spiro atoms. The second kappa shape index (κ2) is 7.09. The molecule has 5 nitrogen and oxygen atoms in total. The van der Waals surface area contributed by atoms with Crippen LogP contribution in [0.25, 0.3) is 0 Å². The maximum Gasteiger partial charge on any atom is 0.315 e. The van der Waals surface area contributed by atoms with E-state index in [4.69, 9.17) is 0 Å². The monoisotopic (exact) mass is 300 g/mol. The number of aryl methyl sites for hydroxylation is 1. The quantitative estimate of drug-likeness (QED) is 0.887. The van der Waals surface area contributed by atoms with E-state index in [0.717, 1.165) is 17.9 Å². The summed E-state index contributed by atoms with van der Waals surface area (Å²) in [7, 11) is 1.87. The SMILES string of the molecule is C[C@H](NC(=O)NC[C@H]1CSCCS1)c1cnn(C)c1. The summed E-state index contributed by atoms with van der Waals surface area (Å²) in [6.45, 7) is 2.70. The van der Waals surface area contributed by atoms with Gasteiger partial charge in [-0.1, -0.05) is 0 Å². The molecular weight excluding hydrogens is 280 g/mol. The molecule has 19 heavy (non-hydrogen) atoms. The second-order valence-corrected chi connectivity index (χ2v) is 7.15. The lowest BCUT2D eigenvalue weighted by Crippen LogP contribution is -2.41. The molecule has 2 heterocycles. The summed E-state index contributed by atoms with van der Waals surface area (Å²) in [5.41, 5.74) is 1.01. The molecule has 0 aliphatic carbocycles. The van der Waals surface area contributed by atoms with Gasteiger partial charge in [-0.15, -0.1) is 0 Å². The van der Waals surface area contributed by atoms with Crippen molar-refractivity contribution >= 4 is 29.6 Å². The Morgan fingerprint density at radius 1 is 1.63 bits per heavy atom. The van der Waals surface area contributed by atoms with Crippen molar-refractivity contribution < 1.29 is 4.79 Å². The molecule has 0 radical (unpaired) electrons. The minimum absolute atomic E-state index is 0.0258. The van der Waals surface area contributed by atoms with E-state index in [-0.39, 0.29) is 12.1 Å². The van der Waals surface area contributed by atoms with E-state index in [9.17, 15) is 4.79 Å². The summed E-state index contributed by atoms with van der Waals surface area (Å²) in [6.07, 6.45) is 3.69. The summed E-state index contributed by atoms with van der Waals surface area (Å²) in [6, 6.07) is -0.130. The average molecular weight is 300 g/mol. The highest BCUT2D eigenvalue weighted by Crippen LogP contribution is 2.23. The molecule has 1 fully saturated rings. The predicted molar refractivity (Wildman–Crippen MR) is 81.7 cm³/mol. The van der Waals surface area contributed by atoms with Gasteiger partial charge in [0.2, 0.25) is 0 Å². The Bertz CT molecular complexity index is 418. The lowest BCUT2D eigenvalue weighted by atomic mass is 10.2. The number of nitrogens with zero attached hydrogens (tertiary/aromatic N) is 2. The number of aromatic nitrogens is 2. The predicted octanol–water partition coefficient (Wildman–Crippen LogP) is 1.63. The number of hydrogen-bond acceptors (Lipinski definition) is 4. The second-order valence-electron chi connectivity index (χ2n) is 4.59. The Morgan fingerprint density at radius 2 is 2.47 bits per heavy atom. The van der Waals surface area contributed by atoms with Crippen molar-refractivity contribution in [2.24, 2.45) is 7.05 Å². The summed E-state index contributed by atoms with van der Waals surface area (Å²) >= 11 is 3.91. The highest BCUT2D eigenvalue weighted by molar-refractivity contribution is 8.06. The molecule has 1 aliphatic heterocycles. The van der Waals surface area contributed by atoms with Gasteiger partial charge in [0, 0.05) is 47.9 Å². The Balaban J connectivity index is 1.71. The maximum absolute atomic E-state index is 11.8. The van der Waals surface area contributed by atoms with Gasteiger partial charge in [-0.25, -0.2) is 4.79 Å². The van der Waals surface area contributed by atoms with Crippen molar-refractivity contribution in [2.75, 3.05) is 23.8 Å². The number of thioether (sulfide) groups is 2. The standard InChI is InChI=1S/C12H20N4OS2/c1-9(10-5-14-16(2)7-10)15-12(17)13-6-11-8-18-3-4-19-11/h5,7,9,11H,3-4,6,8H2,1-2H3,(H2,13,15,17)/t9-,11-/m0/s1. The number of rotatable bonds is 4. The summed E-state index contributed by atoms with van der Waals surface area (Å²) < 4.78 is 1.74. The number of carbonyl (C=O) groups is 1. The van der Waals surface area contributed by atoms with Gasteiger partial charge < -0.3 is 10.6 Å². The molecule has 1 aromatic heterocycles. The molecule has 1 aromatic rings. The summed E-state index contributed by atoms with van der Waals surface area (Å²) in [5.74, 6) is 3.54. The zero-order valence-electron chi connectivity index (χ0n) is 11.3. The van der Waals surface area contributed by atoms with Crippen LogP contribution in [0.1, 0.15) is 18.5 Å². The first-order valence-corrected chi connectivity index (χ1v) is 8.58. The molecule has 1 saturated heterocycles. The van der Waals surface area contributed by atoms with Gasteiger partial charge in [-0.2, -0.15) is 28.6 Å². The van der Waals surface area contributed by atoms with E-state index >= 15 is 0 Å². The first kappa shape index (κ1) is 14.6. The normalized spacial score (nSPS) is 20.8. The van der Waals surface area contributed by atoms with Crippen LogP contribution >= 0.6 is 23.5 Å². The van der Waals surface area contributed by atoms with Crippen molar-refractivity contribution in [1.82, 2.24) is 20.4 Å². The first-order valence-electron chi connectivity index (χ1n) is 6.37. The third kappa shape index (κ3) is 4.65. The van der Waals surface area contributed by atoms with Crippen LogP contribution in [0.15, 0.2) is 12.4 Å². The van der Waals surface area contributed by atoms with Gasteiger partial charge in [-0.05, 0) is 6.92 Å². The lowest BCUT2D eigenvalue weighted by molar-refractivity contribution is 0.238. The maximum atomic E-state index is 11.8. The third-order valence-electron chi connectivity index (χ3n) is 2.95. The first-order chi connectivity index (χ1) is 9.15. The summed E-state index contributed by atoms with van der Waals surface area (Å²) in [4.78, 5) is 11.8. The highest BCUT2D eigenvalue weighted by atomic mass is 32.2. The fourth-order valence-corrected chi connectivity index (χ4v) is 4.47. The van der Waals surface area contributed by atoms with Crippen LogP contribution in [0.5, 0.6) is 0 Å². The molecule has 2 rings (SSSR count). The number of nitrogens with one attached hydrogen (secondary N) is 2. The van der Waals surface area contributed by atoms with Gasteiger partial charge in [-0.3, -0.25) is 4.68 Å². The molecule has 7 heteroatoms. The lowest BCUT2D eigenvalue weighted by Gasteiger charge is -2.21. The van der Waals surface area contributed by atoms with E-state index in [0.29, 0.717) is 5.25 Å². The smallest absolute Gasteiger partial charge is 0.315 e. The Morgan fingerprint density at radius 3 is 3.11 bits per heavy atom. The molecule has 0 saturated carbocycles. The van der Waals surface area contributed by atoms with Crippen molar-refractivity contribution in [2.45, 2.75) is 18.2 Å². The van der Waals surface area contributed by atoms with Gasteiger partial charge in [0.1, 0.15) is 0 Å². The zero-order valence-corrected chi connectivity index (χ0v) is 12.9. The minimum Gasteiger partial charge on any atom is -0.337 e. The molecule has 1 aliphatic rings. The van der Waals surface area contributed by atoms with E-state index in [1.807, 2.05) is 43.7 Å². The van der Waals surface area contributed by atoms with Crippen LogP contribution in [0.3, 0.4) is 0 Å². The highest BCUT2D eigenvalue weighted by Gasteiger charge is 2.16. The number of urea groups is 1. The average Bonchev–Trinajstić information content (AvgIpc) is 2.84. The minimum atomic E-state index is -0.104. The van der Waals surface area contributed by atoms with Crippen LogP contribution in [-0.4, -0.2) is 44.9 Å². The number of hydrogen-bond donors (Lipinski definition) is 2. The molecule has 0 bridgehead atoms. The summed E-state index contributed by atoms with van der Waals surface area (Å²) in [5, 5.41) is 10.5. The fraction of sp³-hybridized carbons (Fsp3) is 0.667. The molecule has 2 amide bonds. The van der Waals surface area contributed by atoms with E-state index in [2.05, 4.69) is 15.7 Å². The largest absolute Gasteiger partial charge is 0.337 e. The molecular formula is C12H20N4OS2. The Kier molecular flexibility index (Phi) is 5.45. The van der Waals surface area contributed by atoms with Crippen LogP contribution in [-0.2, 0) is 7.05 Å². The number of amides is 2. The van der Waals surface area contributed by atoms with Crippen LogP contribution in [0.4, 0.5) is 4.79 Å². The van der Waals surface area contributed by atoms with Gasteiger partial charge in [0.25, 0.3) is 0 Å². The van der Waals surface area contributed by atoms with Gasteiger partial charge in [0.05, 0.1) is 12.2 Å². The van der Waals surface area contributed by atoms with Gasteiger partial charge >= 0.3 is 6.03 Å². The molecule has 0 aromatic carbocycles. The van der Waals surface area contributed by atoms with E-state index in [1.165, 1.54) is 11.5 Å². The van der Waals surface area contributed by atoms with Crippen molar-refractivity contribution in [1.29, 1.82) is 0 Å². The van der Waals surface area contributed by atoms with Crippen LogP contribution in [0, 0.1) is 0 Å². The molecule has 0 unspecified atom stereocenters. The topological polar surface area (TPSA) is 59.0 Å². The van der Waals surface area contributed by atoms with Crippen LogP contribution in [0.2, 0.25) is 0 Å². The fourth-order valence-electron chi connectivity index (χ4n) is 1.86. The van der Waals surface area contributed by atoms with Crippen molar-refractivity contribution in [3.8, 4) is 0 Å². The molecule has 2 N–H and O–H groups in total. The zero-order chi connectivity index (χ0) is 13.7. The van der Waals surface area contributed by atoms with Gasteiger partial charge in [0.15, 0.2) is 0 Å². The van der Waals surface area contributed by atoms with E-state index < -0.39 is 0 Å². The Hall–Kier alpha value is -0.820. The van der Waals surface area contributed by atoms with Crippen LogP contribution < -0.4 is 10.6 Å². The third-order valence-corrected chi connectivity index (χ3v) is 5.79.